The van der Waals surface area contributed by atoms with Crippen LogP contribution in [-0.4, -0.2) is 11.6 Å². The second-order valence-electron chi connectivity index (χ2n) is 1.79. The van der Waals surface area contributed by atoms with Crippen LogP contribution in [0.4, 0.5) is 0 Å². The SMILES string of the molecule is CC(C)=C(C)N.O=CO. The minimum atomic E-state index is -0.250. The monoisotopic (exact) mass is 131 g/mol. The zero-order chi connectivity index (χ0) is 7.86. The van der Waals surface area contributed by atoms with Crippen LogP contribution in [0.1, 0.15) is 20.8 Å². The van der Waals surface area contributed by atoms with Crippen molar-refractivity contribution in [3.63, 3.8) is 0 Å². The molecule has 54 valence electrons. The third kappa shape index (κ3) is 19.4. The molecule has 0 spiro atoms. The van der Waals surface area contributed by atoms with Crippen molar-refractivity contribution in [3.8, 4) is 0 Å². The lowest BCUT2D eigenvalue weighted by molar-refractivity contribution is -0.122. The summed E-state index contributed by atoms with van der Waals surface area (Å²) in [6.45, 7) is 5.64. The van der Waals surface area contributed by atoms with Gasteiger partial charge in [0.25, 0.3) is 6.47 Å². The van der Waals surface area contributed by atoms with Gasteiger partial charge in [0, 0.05) is 5.70 Å². The van der Waals surface area contributed by atoms with E-state index in [1.165, 1.54) is 5.57 Å². The van der Waals surface area contributed by atoms with E-state index >= 15 is 0 Å². The van der Waals surface area contributed by atoms with Gasteiger partial charge in [-0.15, -0.1) is 0 Å². The van der Waals surface area contributed by atoms with Crippen LogP contribution in [0.5, 0.6) is 0 Å². The summed E-state index contributed by atoms with van der Waals surface area (Å²) in [6.07, 6.45) is 0. The fourth-order valence-corrected chi connectivity index (χ4v) is 0. The Morgan fingerprint density at radius 3 is 1.56 bits per heavy atom. The summed E-state index contributed by atoms with van der Waals surface area (Å²) >= 11 is 0. The Hall–Kier alpha value is -0.990. The van der Waals surface area contributed by atoms with Crippen molar-refractivity contribution in [2.75, 3.05) is 0 Å². The molecule has 0 atom stereocenters. The second-order valence-corrected chi connectivity index (χ2v) is 1.79. The van der Waals surface area contributed by atoms with E-state index in [4.69, 9.17) is 15.6 Å². The highest BCUT2D eigenvalue weighted by atomic mass is 16.3. The molecule has 0 heterocycles. The first kappa shape index (κ1) is 10.9. The van der Waals surface area contributed by atoms with Crippen LogP contribution in [0, 0.1) is 0 Å². The highest BCUT2D eigenvalue weighted by Crippen LogP contribution is 1.90. The molecular formula is C6H13NO2. The summed E-state index contributed by atoms with van der Waals surface area (Å²) in [4.78, 5) is 8.36. The molecule has 3 nitrogen and oxygen atoms in total. The molecule has 0 unspecified atom stereocenters. The van der Waals surface area contributed by atoms with E-state index in [0.717, 1.165) is 5.70 Å². The molecular weight excluding hydrogens is 118 g/mol. The van der Waals surface area contributed by atoms with Crippen molar-refractivity contribution in [3.05, 3.63) is 11.3 Å². The lowest BCUT2D eigenvalue weighted by atomic mass is 10.3. The van der Waals surface area contributed by atoms with Gasteiger partial charge in [0.05, 0.1) is 0 Å². The molecule has 3 heteroatoms. The molecule has 0 aliphatic heterocycles. The molecule has 0 aromatic heterocycles. The zero-order valence-electron chi connectivity index (χ0n) is 6.01. The summed E-state index contributed by atoms with van der Waals surface area (Å²) in [6, 6.07) is 0. The first-order valence-electron chi connectivity index (χ1n) is 2.53. The Morgan fingerprint density at radius 2 is 1.56 bits per heavy atom. The molecule has 0 saturated heterocycles. The number of carbonyl (C=O) groups is 1. The van der Waals surface area contributed by atoms with Gasteiger partial charge >= 0.3 is 0 Å². The molecule has 0 saturated carbocycles. The Morgan fingerprint density at radius 1 is 1.44 bits per heavy atom. The van der Waals surface area contributed by atoms with Crippen molar-refractivity contribution < 1.29 is 9.90 Å². The Bertz CT molecular complexity index is 89.6. The maximum Gasteiger partial charge on any atom is 0.290 e. The molecule has 0 aliphatic rings. The van der Waals surface area contributed by atoms with Crippen LogP contribution >= 0.6 is 0 Å². The molecule has 3 N–H and O–H groups in total. The quantitative estimate of drug-likeness (QED) is 0.481. The van der Waals surface area contributed by atoms with Crippen molar-refractivity contribution in [1.29, 1.82) is 0 Å². The highest BCUT2D eigenvalue weighted by molar-refractivity contribution is 5.32. The molecule has 0 fully saturated rings. The van der Waals surface area contributed by atoms with E-state index in [9.17, 15) is 0 Å². The van der Waals surface area contributed by atoms with Crippen LogP contribution in [0.15, 0.2) is 11.3 Å². The van der Waals surface area contributed by atoms with Crippen LogP contribution in [-0.2, 0) is 4.79 Å². The van der Waals surface area contributed by atoms with E-state index in [-0.39, 0.29) is 6.47 Å². The van der Waals surface area contributed by atoms with E-state index < -0.39 is 0 Å². The Kier molecular flexibility index (Phi) is 8.49. The minimum absolute atomic E-state index is 0.250. The van der Waals surface area contributed by atoms with Gasteiger partial charge in [0.2, 0.25) is 0 Å². The summed E-state index contributed by atoms with van der Waals surface area (Å²) in [5.74, 6) is 0. The number of hydrogen-bond acceptors (Lipinski definition) is 2. The molecule has 0 amide bonds. The molecule has 0 aliphatic carbocycles. The van der Waals surface area contributed by atoms with E-state index in [1.807, 2.05) is 20.8 Å². The fraction of sp³-hybridized carbons (Fsp3) is 0.500. The smallest absolute Gasteiger partial charge is 0.290 e. The zero-order valence-corrected chi connectivity index (χ0v) is 6.01. The third-order valence-corrected chi connectivity index (χ3v) is 0.789. The Labute approximate surface area is 55.2 Å². The minimum Gasteiger partial charge on any atom is -0.483 e. The first-order valence-corrected chi connectivity index (χ1v) is 2.53. The predicted octanol–water partition coefficient (Wildman–Crippen LogP) is 0.960. The van der Waals surface area contributed by atoms with Crippen LogP contribution in [0.3, 0.4) is 0 Å². The summed E-state index contributed by atoms with van der Waals surface area (Å²) in [7, 11) is 0. The Balaban J connectivity index is 0. The highest BCUT2D eigenvalue weighted by Gasteiger charge is 1.75. The van der Waals surface area contributed by atoms with Gasteiger partial charge in [-0.1, -0.05) is 5.57 Å². The van der Waals surface area contributed by atoms with Gasteiger partial charge in [0.1, 0.15) is 0 Å². The lowest BCUT2D eigenvalue weighted by Gasteiger charge is -1.88. The van der Waals surface area contributed by atoms with E-state index in [0.29, 0.717) is 0 Å². The average Bonchev–Trinajstić information content (AvgIpc) is 1.68. The van der Waals surface area contributed by atoms with Crippen LogP contribution < -0.4 is 5.73 Å². The van der Waals surface area contributed by atoms with Gasteiger partial charge in [-0.25, -0.2) is 0 Å². The maximum atomic E-state index is 8.36. The molecule has 0 bridgehead atoms. The fourth-order valence-electron chi connectivity index (χ4n) is 0. The van der Waals surface area contributed by atoms with E-state index in [1.54, 1.807) is 0 Å². The molecule has 9 heavy (non-hydrogen) atoms. The van der Waals surface area contributed by atoms with E-state index in [2.05, 4.69) is 0 Å². The topological polar surface area (TPSA) is 63.3 Å². The number of rotatable bonds is 0. The average molecular weight is 131 g/mol. The predicted molar refractivity (Wildman–Crippen MR) is 36.9 cm³/mol. The van der Waals surface area contributed by atoms with Crippen molar-refractivity contribution in [2.24, 2.45) is 5.73 Å². The molecule has 0 rings (SSSR count). The maximum absolute atomic E-state index is 8.36. The molecule has 0 aromatic rings. The van der Waals surface area contributed by atoms with Crippen LogP contribution in [0.2, 0.25) is 0 Å². The van der Waals surface area contributed by atoms with Gasteiger partial charge in [-0.05, 0) is 20.8 Å². The van der Waals surface area contributed by atoms with Crippen molar-refractivity contribution in [1.82, 2.24) is 0 Å². The second kappa shape index (κ2) is 7.01. The van der Waals surface area contributed by atoms with Gasteiger partial charge in [-0.3, -0.25) is 4.79 Å². The summed E-state index contributed by atoms with van der Waals surface area (Å²) in [5, 5.41) is 6.89. The number of hydrogen-bond donors (Lipinski definition) is 2. The molecule has 0 radical (unpaired) electrons. The normalized spacial score (nSPS) is 6.56. The molecule has 0 aromatic carbocycles. The standard InChI is InChI=1S/C5H11N.CH2O2/c1-4(2)5(3)6;2-1-3/h6H2,1-3H3;1H,(H,2,3). The number of carboxylic acid groups (broad SMARTS) is 1. The number of allylic oxidation sites excluding steroid dienone is 2. The third-order valence-electron chi connectivity index (χ3n) is 0.789. The van der Waals surface area contributed by atoms with Crippen LogP contribution in [0.25, 0.3) is 0 Å². The van der Waals surface area contributed by atoms with Gasteiger partial charge < -0.3 is 10.8 Å². The lowest BCUT2D eigenvalue weighted by Crippen LogP contribution is -1.91. The summed E-state index contributed by atoms with van der Waals surface area (Å²) in [5.41, 5.74) is 7.44. The van der Waals surface area contributed by atoms with Gasteiger partial charge in [-0.2, -0.15) is 0 Å². The van der Waals surface area contributed by atoms with Crippen molar-refractivity contribution >= 4 is 6.47 Å². The number of nitrogens with two attached hydrogens (primary N) is 1. The first-order chi connectivity index (χ1) is 4.06. The largest absolute Gasteiger partial charge is 0.483 e. The van der Waals surface area contributed by atoms with Crippen molar-refractivity contribution in [2.45, 2.75) is 20.8 Å². The summed E-state index contributed by atoms with van der Waals surface area (Å²) < 4.78 is 0. The van der Waals surface area contributed by atoms with Gasteiger partial charge in [0.15, 0.2) is 0 Å².